The van der Waals surface area contributed by atoms with E-state index >= 15 is 0 Å². The first kappa shape index (κ1) is 19.2. The molecule has 23 heavy (non-hydrogen) atoms. The zero-order valence-corrected chi connectivity index (χ0v) is 14.9. The van der Waals surface area contributed by atoms with Gasteiger partial charge in [-0.05, 0) is 25.7 Å². The van der Waals surface area contributed by atoms with Crippen LogP contribution in [0.5, 0.6) is 0 Å². The van der Waals surface area contributed by atoms with Gasteiger partial charge in [0, 0.05) is 13.0 Å². The lowest BCUT2D eigenvalue weighted by Gasteiger charge is -2.27. The smallest absolute Gasteiger partial charge is 0.158 e. The van der Waals surface area contributed by atoms with E-state index in [1.54, 1.807) is 0 Å². The molecular formula is C19H36O4. The summed E-state index contributed by atoms with van der Waals surface area (Å²) in [5.74, 6) is 0. The third-order valence-corrected chi connectivity index (χ3v) is 4.99. The van der Waals surface area contributed by atoms with Gasteiger partial charge in [0.2, 0.25) is 0 Å². The van der Waals surface area contributed by atoms with Crippen molar-refractivity contribution < 1.29 is 19.3 Å². The molecule has 2 aliphatic rings. The first-order valence-electron chi connectivity index (χ1n) is 9.90. The number of hydrogen-bond donors (Lipinski definition) is 1. The highest BCUT2D eigenvalue weighted by Gasteiger charge is 2.36. The normalized spacial score (nSPS) is 31.6. The molecule has 136 valence electrons. The SMILES string of the molecule is CCCCCCCCCCC1OC(O)CC1OC1CCCCO1. The van der Waals surface area contributed by atoms with E-state index in [4.69, 9.17) is 14.2 Å². The lowest BCUT2D eigenvalue weighted by molar-refractivity contribution is -0.197. The van der Waals surface area contributed by atoms with Gasteiger partial charge in [-0.15, -0.1) is 0 Å². The summed E-state index contributed by atoms with van der Waals surface area (Å²) in [5.41, 5.74) is 0. The fourth-order valence-electron chi connectivity index (χ4n) is 3.59. The van der Waals surface area contributed by atoms with E-state index < -0.39 is 6.29 Å². The van der Waals surface area contributed by atoms with Crippen molar-refractivity contribution in [3.05, 3.63) is 0 Å². The molecule has 0 amide bonds. The van der Waals surface area contributed by atoms with Crippen LogP contribution >= 0.6 is 0 Å². The molecule has 2 saturated heterocycles. The Labute approximate surface area is 141 Å². The fraction of sp³-hybridized carbons (Fsp3) is 1.00. The van der Waals surface area contributed by atoms with Gasteiger partial charge in [-0.25, -0.2) is 0 Å². The summed E-state index contributed by atoms with van der Waals surface area (Å²) in [6.07, 6.45) is 14.6. The quantitative estimate of drug-likeness (QED) is 0.566. The van der Waals surface area contributed by atoms with Gasteiger partial charge in [-0.3, -0.25) is 0 Å². The van der Waals surface area contributed by atoms with Gasteiger partial charge >= 0.3 is 0 Å². The van der Waals surface area contributed by atoms with Crippen LogP contribution in [-0.2, 0) is 14.2 Å². The van der Waals surface area contributed by atoms with Crippen molar-refractivity contribution in [3.8, 4) is 0 Å². The summed E-state index contributed by atoms with van der Waals surface area (Å²) in [4.78, 5) is 0. The van der Waals surface area contributed by atoms with Crippen LogP contribution in [-0.4, -0.2) is 36.5 Å². The lowest BCUT2D eigenvalue weighted by atomic mass is 10.0. The summed E-state index contributed by atoms with van der Waals surface area (Å²) in [5, 5.41) is 9.78. The van der Waals surface area contributed by atoms with Crippen molar-refractivity contribution in [3.63, 3.8) is 0 Å². The molecule has 4 unspecified atom stereocenters. The van der Waals surface area contributed by atoms with Crippen molar-refractivity contribution in [2.24, 2.45) is 0 Å². The summed E-state index contributed by atoms with van der Waals surface area (Å²) < 4.78 is 17.4. The lowest BCUT2D eigenvalue weighted by Crippen LogP contribution is -2.32. The highest BCUT2D eigenvalue weighted by atomic mass is 16.7. The molecule has 0 bridgehead atoms. The maximum absolute atomic E-state index is 9.78. The predicted octanol–water partition coefficient (Wildman–Crippen LogP) is 4.54. The number of hydrogen-bond acceptors (Lipinski definition) is 4. The first-order valence-corrected chi connectivity index (χ1v) is 9.90. The molecule has 0 spiro atoms. The van der Waals surface area contributed by atoms with Gasteiger partial charge in [0.05, 0.1) is 12.2 Å². The van der Waals surface area contributed by atoms with Gasteiger partial charge in [0.1, 0.15) is 0 Å². The van der Waals surface area contributed by atoms with Gasteiger partial charge in [0.15, 0.2) is 12.6 Å². The zero-order valence-electron chi connectivity index (χ0n) is 14.9. The van der Waals surface area contributed by atoms with Crippen LogP contribution in [0.4, 0.5) is 0 Å². The van der Waals surface area contributed by atoms with Crippen LogP contribution in [0.25, 0.3) is 0 Å². The minimum Gasteiger partial charge on any atom is -0.368 e. The number of aliphatic hydroxyl groups is 1. The average molecular weight is 328 g/mol. The number of ether oxygens (including phenoxy) is 3. The van der Waals surface area contributed by atoms with Crippen molar-refractivity contribution in [1.29, 1.82) is 0 Å². The molecule has 4 nitrogen and oxygen atoms in total. The van der Waals surface area contributed by atoms with E-state index in [0.717, 1.165) is 32.3 Å². The molecule has 0 aliphatic carbocycles. The second kappa shape index (κ2) is 11.4. The Morgan fingerprint density at radius 3 is 2.43 bits per heavy atom. The molecule has 1 N–H and O–H groups in total. The summed E-state index contributed by atoms with van der Waals surface area (Å²) in [7, 11) is 0. The highest BCUT2D eigenvalue weighted by molar-refractivity contribution is 4.80. The molecule has 0 radical (unpaired) electrons. The molecule has 2 aliphatic heterocycles. The molecular weight excluding hydrogens is 292 g/mol. The van der Waals surface area contributed by atoms with Gasteiger partial charge in [-0.2, -0.15) is 0 Å². The van der Waals surface area contributed by atoms with E-state index in [2.05, 4.69) is 6.92 Å². The molecule has 0 aromatic rings. The maximum Gasteiger partial charge on any atom is 0.158 e. The molecule has 2 fully saturated rings. The summed E-state index contributed by atoms with van der Waals surface area (Å²) in [6, 6.07) is 0. The number of rotatable bonds is 11. The van der Waals surface area contributed by atoms with Crippen molar-refractivity contribution in [2.75, 3.05) is 6.61 Å². The monoisotopic (exact) mass is 328 g/mol. The van der Waals surface area contributed by atoms with E-state index in [0.29, 0.717) is 6.42 Å². The van der Waals surface area contributed by atoms with Gasteiger partial charge in [0.25, 0.3) is 0 Å². The molecule has 2 rings (SSSR count). The third kappa shape index (κ3) is 7.51. The van der Waals surface area contributed by atoms with E-state index in [-0.39, 0.29) is 18.5 Å². The Morgan fingerprint density at radius 1 is 1.00 bits per heavy atom. The van der Waals surface area contributed by atoms with E-state index in [9.17, 15) is 5.11 Å². The van der Waals surface area contributed by atoms with E-state index in [1.807, 2.05) is 0 Å². The summed E-state index contributed by atoms with van der Waals surface area (Å²) >= 11 is 0. The van der Waals surface area contributed by atoms with Crippen LogP contribution in [0.15, 0.2) is 0 Å². The molecule has 4 atom stereocenters. The zero-order chi connectivity index (χ0) is 16.3. The Bertz CT molecular complexity index is 291. The van der Waals surface area contributed by atoms with Crippen LogP contribution in [0, 0.1) is 0 Å². The van der Waals surface area contributed by atoms with Crippen LogP contribution in [0.3, 0.4) is 0 Å². The van der Waals surface area contributed by atoms with E-state index in [1.165, 1.54) is 51.4 Å². The maximum atomic E-state index is 9.78. The van der Waals surface area contributed by atoms with Crippen LogP contribution in [0.2, 0.25) is 0 Å². The Hall–Kier alpha value is -0.160. The standard InChI is InChI=1S/C19H36O4/c1-2-3-4-5-6-7-8-9-12-16-17(15-18(20)22-16)23-19-13-10-11-14-21-19/h16-20H,2-15H2,1H3. The molecule has 2 heterocycles. The molecule has 0 aromatic carbocycles. The molecule has 4 heteroatoms. The molecule has 0 aromatic heterocycles. The minimum atomic E-state index is -0.664. The Kier molecular flexibility index (Phi) is 9.50. The number of aliphatic hydroxyl groups excluding tert-OH is 1. The van der Waals surface area contributed by atoms with Crippen molar-refractivity contribution in [2.45, 2.75) is 115 Å². The Balaban J connectivity index is 1.56. The molecule has 0 saturated carbocycles. The largest absolute Gasteiger partial charge is 0.368 e. The fourth-order valence-corrected chi connectivity index (χ4v) is 3.59. The second-order valence-corrected chi connectivity index (χ2v) is 7.10. The third-order valence-electron chi connectivity index (χ3n) is 4.99. The van der Waals surface area contributed by atoms with Crippen molar-refractivity contribution >= 4 is 0 Å². The van der Waals surface area contributed by atoms with Crippen LogP contribution < -0.4 is 0 Å². The predicted molar refractivity (Wildman–Crippen MR) is 91.2 cm³/mol. The van der Waals surface area contributed by atoms with Gasteiger partial charge < -0.3 is 19.3 Å². The minimum absolute atomic E-state index is 0.00217. The first-order chi connectivity index (χ1) is 11.3. The van der Waals surface area contributed by atoms with Crippen molar-refractivity contribution in [1.82, 2.24) is 0 Å². The highest BCUT2D eigenvalue weighted by Crippen LogP contribution is 2.29. The topological polar surface area (TPSA) is 47.9 Å². The average Bonchev–Trinajstić information content (AvgIpc) is 2.90. The Morgan fingerprint density at radius 2 is 1.74 bits per heavy atom. The summed E-state index contributed by atoms with van der Waals surface area (Å²) in [6.45, 7) is 3.05. The van der Waals surface area contributed by atoms with Gasteiger partial charge in [-0.1, -0.05) is 58.3 Å². The number of unbranched alkanes of at least 4 members (excludes halogenated alkanes) is 7. The van der Waals surface area contributed by atoms with Crippen LogP contribution in [0.1, 0.15) is 90.4 Å². The second-order valence-electron chi connectivity index (χ2n) is 7.10.